The highest BCUT2D eigenvalue weighted by Crippen LogP contribution is 2.28. The SMILES string of the molecule is COc1nc(-c2cccc(-c3cc(C)ccc3C)n2)nc2ccccc12. The average Bonchev–Trinajstić information content (AvgIpc) is 2.69. The summed E-state index contributed by atoms with van der Waals surface area (Å²) in [5.41, 5.74) is 6.01. The molecule has 0 saturated heterocycles. The summed E-state index contributed by atoms with van der Waals surface area (Å²) in [5.74, 6) is 1.12. The molecule has 4 rings (SSSR count). The molecule has 128 valence electrons. The second kappa shape index (κ2) is 6.56. The maximum absolute atomic E-state index is 5.46. The van der Waals surface area contributed by atoms with Crippen LogP contribution in [0.15, 0.2) is 60.7 Å². The third-order valence-corrected chi connectivity index (χ3v) is 4.41. The number of rotatable bonds is 3. The lowest BCUT2D eigenvalue weighted by Crippen LogP contribution is -1.98. The number of aryl methyl sites for hydroxylation is 2. The molecule has 0 saturated carbocycles. The van der Waals surface area contributed by atoms with E-state index in [1.165, 1.54) is 11.1 Å². The lowest BCUT2D eigenvalue weighted by atomic mass is 10.0. The zero-order valence-electron chi connectivity index (χ0n) is 15.0. The second-order valence-corrected chi connectivity index (χ2v) is 6.30. The van der Waals surface area contributed by atoms with Gasteiger partial charge in [-0.2, -0.15) is 4.98 Å². The first-order valence-electron chi connectivity index (χ1n) is 8.51. The van der Waals surface area contributed by atoms with Crippen molar-refractivity contribution in [2.45, 2.75) is 13.8 Å². The van der Waals surface area contributed by atoms with Crippen LogP contribution in [-0.2, 0) is 0 Å². The predicted octanol–water partition coefficient (Wildman–Crippen LogP) is 4.98. The molecule has 0 aliphatic heterocycles. The standard InChI is InChI=1S/C22H19N3O/c1-14-11-12-15(2)17(13-14)19-9-6-10-20(23-19)21-24-18-8-5-4-7-16(18)22(25-21)26-3/h4-13H,1-3H3. The minimum atomic E-state index is 0.560. The average molecular weight is 341 g/mol. The Labute approximate surface area is 152 Å². The minimum Gasteiger partial charge on any atom is -0.480 e. The summed E-state index contributed by atoms with van der Waals surface area (Å²) in [7, 11) is 1.62. The molecule has 0 fully saturated rings. The summed E-state index contributed by atoms with van der Waals surface area (Å²) in [4.78, 5) is 14.1. The number of nitrogens with zero attached hydrogens (tertiary/aromatic N) is 3. The molecule has 0 aliphatic carbocycles. The first kappa shape index (κ1) is 16.2. The maximum Gasteiger partial charge on any atom is 0.224 e. The van der Waals surface area contributed by atoms with E-state index in [1.807, 2.05) is 42.5 Å². The second-order valence-electron chi connectivity index (χ2n) is 6.30. The normalized spacial score (nSPS) is 10.9. The number of benzene rings is 2. The summed E-state index contributed by atoms with van der Waals surface area (Å²) >= 11 is 0. The van der Waals surface area contributed by atoms with Gasteiger partial charge in [-0.25, -0.2) is 9.97 Å². The summed E-state index contributed by atoms with van der Waals surface area (Å²) in [6, 6.07) is 20.1. The molecular weight excluding hydrogens is 322 g/mol. The van der Waals surface area contributed by atoms with E-state index in [0.717, 1.165) is 27.9 Å². The Balaban J connectivity index is 1.87. The molecule has 4 aromatic rings. The zero-order chi connectivity index (χ0) is 18.1. The Hall–Kier alpha value is -3.27. The summed E-state index contributed by atoms with van der Waals surface area (Å²) in [5, 5.41) is 0.893. The van der Waals surface area contributed by atoms with Crippen LogP contribution in [0.1, 0.15) is 11.1 Å². The van der Waals surface area contributed by atoms with Gasteiger partial charge in [-0.05, 0) is 49.7 Å². The van der Waals surface area contributed by atoms with Crippen LogP contribution in [0.5, 0.6) is 5.88 Å². The van der Waals surface area contributed by atoms with Gasteiger partial charge < -0.3 is 4.74 Å². The highest BCUT2D eigenvalue weighted by Gasteiger charge is 2.12. The van der Waals surface area contributed by atoms with Gasteiger partial charge in [0.15, 0.2) is 5.82 Å². The first-order chi connectivity index (χ1) is 12.7. The van der Waals surface area contributed by atoms with Crippen molar-refractivity contribution in [3.8, 4) is 28.7 Å². The number of methoxy groups -OCH3 is 1. The van der Waals surface area contributed by atoms with Crippen LogP contribution in [0, 0.1) is 13.8 Å². The molecular formula is C22H19N3O. The molecule has 0 spiro atoms. The molecule has 0 atom stereocenters. The van der Waals surface area contributed by atoms with Crippen molar-refractivity contribution in [2.24, 2.45) is 0 Å². The fraction of sp³-hybridized carbons (Fsp3) is 0.136. The van der Waals surface area contributed by atoms with Gasteiger partial charge in [0.05, 0.1) is 23.7 Å². The lowest BCUT2D eigenvalue weighted by molar-refractivity contribution is 0.403. The van der Waals surface area contributed by atoms with E-state index in [9.17, 15) is 0 Å². The number of hydrogen-bond acceptors (Lipinski definition) is 4. The predicted molar refractivity (Wildman–Crippen MR) is 104 cm³/mol. The van der Waals surface area contributed by atoms with E-state index < -0.39 is 0 Å². The number of aromatic nitrogens is 3. The van der Waals surface area contributed by atoms with E-state index in [0.29, 0.717) is 11.7 Å². The van der Waals surface area contributed by atoms with Crippen molar-refractivity contribution in [3.63, 3.8) is 0 Å². The van der Waals surface area contributed by atoms with Crippen molar-refractivity contribution in [3.05, 3.63) is 71.8 Å². The van der Waals surface area contributed by atoms with Crippen molar-refractivity contribution >= 4 is 10.9 Å². The van der Waals surface area contributed by atoms with Crippen LogP contribution in [0.3, 0.4) is 0 Å². The Bertz CT molecular complexity index is 1110. The van der Waals surface area contributed by atoms with Gasteiger partial charge in [-0.3, -0.25) is 0 Å². The molecule has 2 aromatic carbocycles. The third-order valence-electron chi connectivity index (χ3n) is 4.41. The van der Waals surface area contributed by atoms with Gasteiger partial charge in [0.2, 0.25) is 5.88 Å². The molecule has 0 aliphatic rings. The highest BCUT2D eigenvalue weighted by molar-refractivity contribution is 5.85. The lowest BCUT2D eigenvalue weighted by Gasteiger charge is -2.10. The molecule has 4 nitrogen and oxygen atoms in total. The van der Waals surface area contributed by atoms with Crippen LogP contribution in [0.25, 0.3) is 33.7 Å². The van der Waals surface area contributed by atoms with E-state index in [-0.39, 0.29) is 0 Å². The molecule has 2 aromatic heterocycles. The van der Waals surface area contributed by atoms with Gasteiger partial charge in [0.1, 0.15) is 5.69 Å². The van der Waals surface area contributed by atoms with Gasteiger partial charge in [0, 0.05) is 5.56 Å². The van der Waals surface area contributed by atoms with Crippen LogP contribution in [-0.4, -0.2) is 22.1 Å². The van der Waals surface area contributed by atoms with E-state index in [2.05, 4.69) is 42.0 Å². The number of ether oxygens (including phenoxy) is 1. The van der Waals surface area contributed by atoms with Gasteiger partial charge in [0.25, 0.3) is 0 Å². The van der Waals surface area contributed by atoms with Gasteiger partial charge >= 0.3 is 0 Å². The first-order valence-corrected chi connectivity index (χ1v) is 8.51. The summed E-state index contributed by atoms with van der Waals surface area (Å²) in [6.45, 7) is 4.18. The molecule has 0 radical (unpaired) electrons. The van der Waals surface area contributed by atoms with Crippen molar-refractivity contribution in [1.29, 1.82) is 0 Å². The molecule has 0 amide bonds. The number of fused-ring (bicyclic) bond motifs is 1. The zero-order valence-corrected chi connectivity index (χ0v) is 15.0. The Kier molecular flexibility index (Phi) is 4.09. The molecule has 2 heterocycles. The fourth-order valence-electron chi connectivity index (χ4n) is 3.04. The molecule has 4 heteroatoms. The third kappa shape index (κ3) is 2.90. The van der Waals surface area contributed by atoms with E-state index >= 15 is 0 Å². The van der Waals surface area contributed by atoms with Gasteiger partial charge in [-0.15, -0.1) is 0 Å². The van der Waals surface area contributed by atoms with Crippen molar-refractivity contribution < 1.29 is 4.74 Å². The summed E-state index contributed by atoms with van der Waals surface area (Å²) < 4.78 is 5.46. The smallest absolute Gasteiger partial charge is 0.224 e. The van der Waals surface area contributed by atoms with E-state index in [4.69, 9.17) is 9.72 Å². The van der Waals surface area contributed by atoms with Crippen LogP contribution < -0.4 is 4.74 Å². The van der Waals surface area contributed by atoms with Crippen LogP contribution in [0.2, 0.25) is 0 Å². The summed E-state index contributed by atoms with van der Waals surface area (Å²) in [6.07, 6.45) is 0. The number of hydrogen-bond donors (Lipinski definition) is 0. The fourth-order valence-corrected chi connectivity index (χ4v) is 3.04. The Morgan fingerprint density at radius 3 is 2.42 bits per heavy atom. The maximum atomic E-state index is 5.46. The molecule has 0 bridgehead atoms. The largest absolute Gasteiger partial charge is 0.480 e. The quantitative estimate of drug-likeness (QED) is 0.527. The molecule has 0 N–H and O–H groups in total. The van der Waals surface area contributed by atoms with Crippen molar-refractivity contribution in [2.75, 3.05) is 7.11 Å². The highest BCUT2D eigenvalue weighted by atomic mass is 16.5. The Morgan fingerprint density at radius 1 is 0.769 bits per heavy atom. The van der Waals surface area contributed by atoms with Crippen molar-refractivity contribution in [1.82, 2.24) is 15.0 Å². The molecule has 0 unspecified atom stereocenters. The number of para-hydroxylation sites is 1. The Morgan fingerprint density at radius 2 is 1.58 bits per heavy atom. The monoisotopic (exact) mass is 341 g/mol. The van der Waals surface area contributed by atoms with E-state index in [1.54, 1.807) is 7.11 Å². The topological polar surface area (TPSA) is 47.9 Å². The van der Waals surface area contributed by atoms with Crippen LogP contribution >= 0.6 is 0 Å². The van der Waals surface area contributed by atoms with Crippen LogP contribution in [0.4, 0.5) is 0 Å². The minimum absolute atomic E-state index is 0.560. The number of pyridine rings is 1. The molecule has 26 heavy (non-hydrogen) atoms. The van der Waals surface area contributed by atoms with Gasteiger partial charge in [-0.1, -0.05) is 35.9 Å².